The highest BCUT2D eigenvalue weighted by Crippen LogP contribution is 2.53. The maximum absolute atomic E-state index is 13.9. The first-order chi connectivity index (χ1) is 45.5. The van der Waals surface area contributed by atoms with Gasteiger partial charge in [0.2, 0.25) is 0 Å². The number of hydrogen-bond donors (Lipinski definition) is 2. The summed E-state index contributed by atoms with van der Waals surface area (Å²) in [7, 11) is 0. The molecule has 4 unspecified atom stereocenters. The quantitative estimate of drug-likeness (QED) is 0.0693. The molecule has 2 saturated heterocycles. The van der Waals surface area contributed by atoms with E-state index < -0.39 is 46.2 Å². The molecule has 0 radical (unpaired) electrons. The molecule has 4 aliphatic heterocycles. The van der Waals surface area contributed by atoms with Crippen LogP contribution in [0.4, 0.5) is 9.59 Å². The summed E-state index contributed by atoms with van der Waals surface area (Å²) < 4.78 is 36.9. The van der Waals surface area contributed by atoms with Crippen molar-refractivity contribution in [2.75, 3.05) is 26.2 Å². The van der Waals surface area contributed by atoms with Crippen LogP contribution in [-0.4, -0.2) is 105 Å². The lowest BCUT2D eigenvalue weighted by Crippen LogP contribution is -2.59. The minimum absolute atomic E-state index is 0.265. The van der Waals surface area contributed by atoms with Crippen LogP contribution in [0.25, 0.3) is 0 Å². The van der Waals surface area contributed by atoms with Crippen LogP contribution >= 0.6 is 0 Å². The van der Waals surface area contributed by atoms with Gasteiger partial charge in [0.15, 0.2) is 6.10 Å². The molecular weight excluding hydrogens is 1200 g/mol. The number of aliphatic imine (C=N–C) groups is 2. The zero-order valence-corrected chi connectivity index (χ0v) is 56.8. The molecular formula is C79H94N4O12. The average molecular weight is 1290 g/mol. The Morgan fingerprint density at radius 3 is 1.20 bits per heavy atom. The molecule has 6 aromatic carbocycles. The number of hydrogen-bond acceptors (Lipinski definition) is 12. The molecule has 502 valence electrons. The van der Waals surface area contributed by atoms with Crippen molar-refractivity contribution in [1.82, 2.24) is 9.80 Å². The van der Waals surface area contributed by atoms with Gasteiger partial charge in [-0.25, -0.2) is 9.59 Å². The van der Waals surface area contributed by atoms with E-state index in [0.717, 1.165) is 63.8 Å². The second kappa shape index (κ2) is 31.5. The first-order valence-electron chi connectivity index (χ1n) is 33.5. The van der Waals surface area contributed by atoms with E-state index in [0.29, 0.717) is 106 Å². The molecule has 4 atom stereocenters. The Labute approximate surface area is 560 Å². The van der Waals surface area contributed by atoms with Gasteiger partial charge >= 0.3 is 24.1 Å². The molecule has 4 aliphatic rings. The number of carboxylic acids is 2. The number of piperidine rings is 2. The van der Waals surface area contributed by atoms with Crippen molar-refractivity contribution in [3.8, 4) is 28.7 Å². The first-order valence-corrected chi connectivity index (χ1v) is 33.5. The Kier molecular flexibility index (Phi) is 23.3. The van der Waals surface area contributed by atoms with Crippen molar-refractivity contribution in [2.45, 2.75) is 163 Å². The van der Waals surface area contributed by atoms with Crippen molar-refractivity contribution >= 4 is 35.5 Å². The van der Waals surface area contributed by atoms with Crippen molar-refractivity contribution in [1.29, 1.82) is 0 Å². The van der Waals surface area contributed by atoms with E-state index in [1.165, 1.54) is 0 Å². The summed E-state index contributed by atoms with van der Waals surface area (Å²) in [5.74, 6) is 1.02. The number of benzene rings is 6. The Balaban J connectivity index is 0.000000223. The number of para-hydroxylation sites is 3. The van der Waals surface area contributed by atoms with Crippen molar-refractivity contribution in [3.63, 3.8) is 0 Å². The lowest BCUT2D eigenvalue weighted by Gasteiger charge is -2.49. The molecule has 4 heterocycles. The molecule has 6 aromatic rings. The molecule has 0 aliphatic carbocycles. The summed E-state index contributed by atoms with van der Waals surface area (Å²) in [5.41, 5.74) is 3.27. The number of carbonyl (C=O) groups excluding carboxylic acids is 2. The van der Waals surface area contributed by atoms with E-state index in [1.54, 1.807) is 9.80 Å². The summed E-state index contributed by atoms with van der Waals surface area (Å²) in [5, 5.41) is 22.8. The van der Waals surface area contributed by atoms with E-state index in [1.807, 2.05) is 225 Å². The fraction of sp³-hybridized carbons (Fsp3) is 0.418. The predicted molar refractivity (Wildman–Crippen MR) is 370 cm³/mol. The predicted octanol–water partition coefficient (Wildman–Crippen LogP) is 17.6. The molecule has 0 bridgehead atoms. The summed E-state index contributed by atoms with van der Waals surface area (Å²) in [6, 6.07) is 54.2. The second-order valence-electron chi connectivity index (χ2n) is 27.1. The van der Waals surface area contributed by atoms with E-state index in [-0.39, 0.29) is 30.6 Å². The highest BCUT2D eigenvalue weighted by atomic mass is 16.6. The molecule has 95 heavy (non-hydrogen) atoms. The third-order valence-electron chi connectivity index (χ3n) is 18.2. The average Bonchev–Trinajstić information content (AvgIpc) is 0.731. The number of carbonyl (C=O) groups is 4. The number of nitrogens with zero attached hydrogens (tertiary/aromatic N) is 4. The Hall–Kier alpha value is -9.02. The molecule has 0 aromatic heterocycles. The van der Waals surface area contributed by atoms with E-state index in [2.05, 4.69) is 13.8 Å². The van der Waals surface area contributed by atoms with Gasteiger partial charge in [-0.15, -0.1) is 0 Å². The van der Waals surface area contributed by atoms with Crippen LogP contribution in [0.2, 0.25) is 0 Å². The molecule has 10 rings (SSSR count). The largest absolute Gasteiger partial charge is 0.483 e. The molecule has 16 heteroatoms. The number of amides is 2. The van der Waals surface area contributed by atoms with Gasteiger partial charge in [0.25, 0.3) is 0 Å². The van der Waals surface area contributed by atoms with Crippen LogP contribution in [-0.2, 0) is 43.2 Å². The standard InChI is InChI=1S/C40H48N2O6.C39H46N2O6/c1-6-14-34-36(46-27-29-15-9-7-10-16-29)40(37(43)44,31-21-23-42(24-22-31)38(45)48-39(3,4)5)28(2)35(41-34)26-30-17-13-20-33(25-30)47-32-18-11-8-12-19-32;1-6-14-33-35(46-31-18-11-8-12-19-31)39(36(42)43,29-21-23-41(24-22-29)37(44)47-38(3,4)5)27(2)34(40-33)26-28-15-13-20-32(25-28)45-30-16-9-7-10-17-30/h7-13,15-20,25,31,36H,6,14,21-24,26-27H2,1-5H3,(H,43,44);7-13,15-20,25,29,35H,6,14,21-24,26H2,1-5H3,(H,42,43). The van der Waals surface area contributed by atoms with Gasteiger partial charge in [0.1, 0.15) is 56.9 Å². The number of carboxylic acid groups (broad SMARTS) is 2. The Bertz CT molecular complexity index is 3710. The number of ether oxygens (including phenoxy) is 6. The maximum atomic E-state index is 13.9. The van der Waals surface area contributed by atoms with Gasteiger partial charge in [-0.3, -0.25) is 19.6 Å². The normalized spacial score (nSPS) is 20.4. The number of likely N-dealkylation sites (tertiary alicyclic amines) is 2. The van der Waals surface area contributed by atoms with Crippen LogP contribution < -0.4 is 14.2 Å². The van der Waals surface area contributed by atoms with Crippen LogP contribution in [0.3, 0.4) is 0 Å². The second-order valence-corrected chi connectivity index (χ2v) is 27.1. The topological polar surface area (TPSA) is 195 Å². The highest BCUT2D eigenvalue weighted by molar-refractivity contribution is 6.00. The molecule has 16 nitrogen and oxygen atoms in total. The van der Waals surface area contributed by atoms with E-state index in [4.69, 9.17) is 38.4 Å². The lowest BCUT2D eigenvalue weighted by atomic mass is 9.60. The van der Waals surface area contributed by atoms with Crippen molar-refractivity contribution in [2.24, 2.45) is 32.7 Å². The minimum Gasteiger partial charge on any atom is -0.483 e. The van der Waals surface area contributed by atoms with Gasteiger partial charge in [0, 0.05) is 56.1 Å². The third kappa shape index (κ3) is 17.3. The van der Waals surface area contributed by atoms with Gasteiger partial charge < -0.3 is 48.4 Å². The molecule has 0 spiro atoms. The summed E-state index contributed by atoms with van der Waals surface area (Å²) in [6.45, 7) is 20.9. The summed E-state index contributed by atoms with van der Waals surface area (Å²) in [6.07, 6.45) is 3.34. The fourth-order valence-corrected chi connectivity index (χ4v) is 13.7. The van der Waals surface area contributed by atoms with Crippen LogP contribution in [0.15, 0.2) is 202 Å². The van der Waals surface area contributed by atoms with Gasteiger partial charge in [-0.2, -0.15) is 0 Å². The third-order valence-corrected chi connectivity index (χ3v) is 18.2. The summed E-state index contributed by atoms with van der Waals surface area (Å²) in [4.78, 5) is 67.5. The highest BCUT2D eigenvalue weighted by Gasteiger charge is 2.60. The van der Waals surface area contributed by atoms with Crippen LogP contribution in [0.1, 0.15) is 137 Å². The van der Waals surface area contributed by atoms with Gasteiger partial charge in [-0.1, -0.05) is 136 Å². The molecule has 2 N–H and O–H groups in total. The van der Waals surface area contributed by atoms with E-state index >= 15 is 0 Å². The van der Waals surface area contributed by atoms with Crippen molar-refractivity contribution < 1.29 is 57.8 Å². The van der Waals surface area contributed by atoms with E-state index in [9.17, 15) is 29.4 Å². The van der Waals surface area contributed by atoms with Crippen LogP contribution in [0.5, 0.6) is 28.7 Å². The van der Waals surface area contributed by atoms with Gasteiger partial charge in [0.05, 0.1) is 12.3 Å². The van der Waals surface area contributed by atoms with Gasteiger partial charge in [-0.05, 0) is 194 Å². The number of rotatable bonds is 21. The molecule has 2 amide bonds. The monoisotopic (exact) mass is 1290 g/mol. The number of allylic oxidation sites excluding steroid dienone is 2. The lowest BCUT2D eigenvalue weighted by molar-refractivity contribution is -0.160. The molecule has 0 saturated carbocycles. The SMILES string of the molecule is CCCC1=NC(Cc2cccc(Oc3ccccc3)c2)=C(C)C(C(=O)O)(C2CCN(C(=O)OC(C)(C)C)CC2)C1OCc1ccccc1.CCCC1=NC(Cc2cccc(Oc3ccccc3)c2)=C(C)C(C(=O)O)(C2CCN(C(=O)OC(C)(C)C)CC2)C1Oc1ccccc1. The Morgan fingerprint density at radius 2 is 0.821 bits per heavy atom. The minimum atomic E-state index is -1.39. The zero-order chi connectivity index (χ0) is 67.9. The zero-order valence-electron chi connectivity index (χ0n) is 56.8. The summed E-state index contributed by atoms with van der Waals surface area (Å²) >= 11 is 0. The first kappa shape index (κ1) is 70.3. The number of aliphatic carboxylic acids is 2. The molecule has 2 fully saturated rings. The maximum Gasteiger partial charge on any atom is 0.410 e. The smallest absolute Gasteiger partial charge is 0.410 e. The fourth-order valence-electron chi connectivity index (χ4n) is 13.7. The Morgan fingerprint density at radius 1 is 0.474 bits per heavy atom. The van der Waals surface area contributed by atoms with Crippen LogP contribution in [0, 0.1) is 22.7 Å². The van der Waals surface area contributed by atoms with Crippen molar-refractivity contribution in [3.05, 3.63) is 209 Å².